The van der Waals surface area contributed by atoms with Crippen LogP contribution in [0.25, 0.3) is 0 Å². The van der Waals surface area contributed by atoms with Crippen LogP contribution in [0.4, 0.5) is 0 Å². The highest BCUT2D eigenvalue weighted by Gasteiger charge is 2.39. The third-order valence-electron chi connectivity index (χ3n) is 2.90. The average Bonchev–Trinajstić information content (AvgIpc) is 2.84. The number of carboxylic acids is 1. The Morgan fingerprint density at radius 2 is 2.24 bits per heavy atom. The summed E-state index contributed by atoms with van der Waals surface area (Å²) in [7, 11) is -1.96. The van der Waals surface area contributed by atoms with Gasteiger partial charge in [-0.1, -0.05) is 0 Å². The summed E-state index contributed by atoms with van der Waals surface area (Å²) in [6, 6.07) is 0.548. The van der Waals surface area contributed by atoms with Gasteiger partial charge in [0.15, 0.2) is 0 Å². The molecule has 1 fully saturated rings. The minimum atomic E-state index is -3.68. The van der Waals surface area contributed by atoms with Crippen molar-refractivity contribution >= 4 is 16.0 Å². The normalized spacial score (nSPS) is 21.8. The van der Waals surface area contributed by atoms with Crippen LogP contribution >= 0.6 is 0 Å². The van der Waals surface area contributed by atoms with Gasteiger partial charge in [-0.3, -0.25) is 4.79 Å². The van der Waals surface area contributed by atoms with E-state index in [0.717, 1.165) is 4.31 Å². The fourth-order valence-corrected chi connectivity index (χ4v) is 3.74. The highest BCUT2D eigenvalue weighted by atomic mass is 32.2. The van der Waals surface area contributed by atoms with Crippen molar-refractivity contribution in [2.75, 3.05) is 6.54 Å². The Labute approximate surface area is 99.5 Å². The molecule has 2 heterocycles. The number of nitrogens with zero attached hydrogens (tertiary/aromatic N) is 2. The molecular formula is C10H14N2O4S. The van der Waals surface area contributed by atoms with Crippen LogP contribution in [-0.2, 0) is 21.9 Å². The van der Waals surface area contributed by atoms with Gasteiger partial charge in [-0.05, 0) is 18.9 Å². The molecule has 2 rings (SSSR count). The van der Waals surface area contributed by atoms with Crippen molar-refractivity contribution in [1.29, 1.82) is 0 Å². The van der Waals surface area contributed by atoms with Crippen molar-refractivity contribution < 1.29 is 18.3 Å². The van der Waals surface area contributed by atoms with Gasteiger partial charge in [-0.25, -0.2) is 8.42 Å². The Balaban J connectivity index is 2.36. The number of carboxylic acid groups (broad SMARTS) is 1. The van der Waals surface area contributed by atoms with Crippen molar-refractivity contribution in [2.24, 2.45) is 7.05 Å². The van der Waals surface area contributed by atoms with Crippen LogP contribution < -0.4 is 0 Å². The molecule has 1 saturated heterocycles. The molecule has 1 N–H and O–H groups in total. The number of carbonyl (C=O) groups is 1. The number of hydrogen-bond acceptors (Lipinski definition) is 3. The van der Waals surface area contributed by atoms with Crippen molar-refractivity contribution in [3.05, 3.63) is 18.5 Å². The molecule has 1 atom stereocenters. The van der Waals surface area contributed by atoms with Gasteiger partial charge in [0, 0.05) is 26.0 Å². The summed E-state index contributed by atoms with van der Waals surface area (Å²) in [6.07, 6.45) is 4.07. The van der Waals surface area contributed by atoms with Gasteiger partial charge < -0.3 is 9.67 Å². The summed E-state index contributed by atoms with van der Waals surface area (Å²) < 4.78 is 27.1. The van der Waals surface area contributed by atoms with Gasteiger partial charge >= 0.3 is 5.97 Å². The maximum Gasteiger partial charge on any atom is 0.322 e. The molecule has 1 aromatic heterocycles. The summed E-state index contributed by atoms with van der Waals surface area (Å²) in [4.78, 5) is 11.1. The molecule has 0 bridgehead atoms. The van der Waals surface area contributed by atoms with E-state index >= 15 is 0 Å². The fraction of sp³-hybridized carbons (Fsp3) is 0.500. The Morgan fingerprint density at radius 1 is 1.53 bits per heavy atom. The smallest absolute Gasteiger partial charge is 0.322 e. The largest absolute Gasteiger partial charge is 0.480 e. The SMILES string of the molecule is Cn1ccc(S(=O)(=O)N2CCCC2C(=O)O)c1. The number of sulfonamides is 1. The second kappa shape index (κ2) is 4.15. The predicted octanol–water partition coefficient (Wildman–Crippen LogP) is 0.263. The zero-order valence-corrected chi connectivity index (χ0v) is 10.2. The maximum absolute atomic E-state index is 12.2. The first-order valence-electron chi connectivity index (χ1n) is 5.29. The molecule has 0 saturated carbocycles. The minimum Gasteiger partial charge on any atom is -0.480 e. The van der Waals surface area contributed by atoms with Crippen molar-refractivity contribution in [3.8, 4) is 0 Å². The monoisotopic (exact) mass is 258 g/mol. The zero-order valence-electron chi connectivity index (χ0n) is 9.41. The van der Waals surface area contributed by atoms with Crippen molar-refractivity contribution in [1.82, 2.24) is 8.87 Å². The Bertz CT molecular complexity index is 534. The topological polar surface area (TPSA) is 79.6 Å². The number of rotatable bonds is 3. The van der Waals surface area contributed by atoms with Crippen LogP contribution in [0, 0.1) is 0 Å². The molecule has 7 heteroatoms. The molecule has 17 heavy (non-hydrogen) atoms. The zero-order chi connectivity index (χ0) is 12.6. The standard InChI is InChI=1S/C10H14N2O4S/c1-11-6-4-8(7-11)17(15,16)12-5-2-3-9(12)10(13)14/h4,6-7,9H,2-3,5H2,1H3,(H,13,14). The van der Waals surface area contributed by atoms with Gasteiger partial charge in [0.1, 0.15) is 6.04 Å². The lowest BCUT2D eigenvalue weighted by Gasteiger charge is -2.19. The van der Waals surface area contributed by atoms with E-state index in [0.29, 0.717) is 12.8 Å². The molecule has 0 aliphatic carbocycles. The Morgan fingerprint density at radius 3 is 2.76 bits per heavy atom. The molecule has 1 aliphatic rings. The lowest BCUT2D eigenvalue weighted by molar-refractivity contribution is -0.140. The quantitative estimate of drug-likeness (QED) is 0.843. The minimum absolute atomic E-state index is 0.146. The van der Waals surface area contributed by atoms with E-state index < -0.39 is 22.0 Å². The van der Waals surface area contributed by atoms with Crippen LogP contribution in [0.2, 0.25) is 0 Å². The Kier molecular flexibility index (Phi) is 2.96. The highest BCUT2D eigenvalue weighted by Crippen LogP contribution is 2.26. The van der Waals surface area contributed by atoms with E-state index in [4.69, 9.17) is 5.11 Å². The van der Waals surface area contributed by atoms with Crippen LogP contribution in [0.5, 0.6) is 0 Å². The van der Waals surface area contributed by atoms with Crippen LogP contribution in [0.1, 0.15) is 12.8 Å². The molecule has 1 aliphatic heterocycles. The molecule has 1 unspecified atom stereocenters. The highest BCUT2D eigenvalue weighted by molar-refractivity contribution is 7.89. The van der Waals surface area contributed by atoms with Crippen LogP contribution in [-0.4, -0.2) is 41.0 Å². The molecular weight excluding hydrogens is 244 g/mol. The number of aromatic nitrogens is 1. The van der Waals surface area contributed by atoms with E-state index in [-0.39, 0.29) is 11.4 Å². The Hall–Kier alpha value is -1.34. The second-order valence-electron chi connectivity index (χ2n) is 4.12. The lowest BCUT2D eigenvalue weighted by atomic mass is 10.2. The fourth-order valence-electron chi connectivity index (χ4n) is 2.04. The summed E-state index contributed by atoms with van der Waals surface area (Å²) in [5.74, 6) is -1.08. The molecule has 0 amide bonds. The van der Waals surface area contributed by atoms with E-state index in [1.165, 1.54) is 12.3 Å². The van der Waals surface area contributed by atoms with Gasteiger partial charge in [0.25, 0.3) is 0 Å². The predicted molar refractivity (Wildman–Crippen MR) is 60.0 cm³/mol. The molecule has 0 spiro atoms. The summed E-state index contributed by atoms with van der Waals surface area (Å²) in [5.41, 5.74) is 0. The molecule has 0 radical (unpaired) electrons. The number of aliphatic carboxylic acids is 1. The van der Waals surface area contributed by atoms with Gasteiger partial charge in [-0.15, -0.1) is 0 Å². The molecule has 1 aromatic rings. The van der Waals surface area contributed by atoms with E-state index in [1.54, 1.807) is 17.8 Å². The third kappa shape index (κ3) is 2.07. The van der Waals surface area contributed by atoms with Crippen molar-refractivity contribution in [3.63, 3.8) is 0 Å². The summed E-state index contributed by atoms with van der Waals surface area (Å²) >= 11 is 0. The lowest BCUT2D eigenvalue weighted by Crippen LogP contribution is -2.40. The first kappa shape index (κ1) is 12.1. The van der Waals surface area contributed by atoms with E-state index in [9.17, 15) is 13.2 Å². The summed E-state index contributed by atoms with van der Waals surface area (Å²) in [6.45, 7) is 0.272. The maximum atomic E-state index is 12.2. The molecule has 0 aromatic carbocycles. The first-order chi connectivity index (χ1) is 7.93. The summed E-state index contributed by atoms with van der Waals surface area (Å²) in [5, 5.41) is 8.99. The van der Waals surface area contributed by atoms with Crippen LogP contribution in [0.15, 0.2) is 23.4 Å². The average molecular weight is 258 g/mol. The second-order valence-corrected chi connectivity index (χ2v) is 6.02. The first-order valence-corrected chi connectivity index (χ1v) is 6.73. The number of hydrogen-bond donors (Lipinski definition) is 1. The van der Waals surface area contributed by atoms with E-state index in [1.807, 2.05) is 0 Å². The van der Waals surface area contributed by atoms with Crippen molar-refractivity contribution in [2.45, 2.75) is 23.8 Å². The van der Waals surface area contributed by atoms with E-state index in [2.05, 4.69) is 0 Å². The number of aryl methyl sites for hydroxylation is 1. The van der Waals surface area contributed by atoms with Crippen LogP contribution in [0.3, 0.4) is 0 Å². The molecule has 6 nitrogen and oxygen atoms in total. The van der Waals surface area contributed by atoms with Gasteiger partial charge in [-0.2, -0.15) is 4.31 Å². The van der Waals surface area contributed by atoms with Gasteiger partial charge in [0.2, 0.25) is 10.0 Å². The van der Waals surface area contributed by atoms with Gasteiger partial charge in [0.05, 0.1) is 4.90 Å². The third-order valence-corrected chi connectivity index (χ3v) is 4.79. The molecule has 94 valence electrons.